The second-order valence-corrected chi connectivity index (χ2v) is 4.27. The van der Waals surface area contributed by atoms with Crippen LogP contribution in [-0.2, 0) is 4.79 Å². The number of likely N-dealkylation sites (N-methyl/N-ethyl adjacent to an activating group) is 1. The maximum atomic E-state index is 11.8. The zero-order chi connectivity index (χ0) is 11.7. The molecule has 86 valence electrons. The largest absolute Gasteiger partial charge is 0.329 e. The van der Waals surface area contributed by atoms with Crippen LogP contribution in [0.1, 0.15) is 11.6 Å². The van der Waals surface area contributed by atoms with Crippen molar-refractivity contribution >= 4 is 23.2 Å². The number of nitrogens with two attached hydrogens (primary N) is 1. The Kier molecular flexibility index (Phi) is 3.14. The standard InChI is InChI=1S/C11H14ClN3O/c1-15(6-5-13)10-7-3-2-4-8(12)9(7)14-11(10)16/h2-4,10H,5-6,13H2,1H3,(H,14,16). The number of amides is 1. The quantitative estimate of drug-likeness (QED) is 0.834. The smallest absolute Gasteiger partial charge is 0.246 e. The summed E-state index contributed by atoms with van der Waals surface area (Å²) in [6, 6.07) is 5.25. The Hall–Kier alpha value is -1.10. The molecule has 1 unspecified atom stereocenters. The Morgan fingerprint density at radius 3 is 3.00 bits per heavy atom. The molecule has 1 aliphatic heterocycles. The molecular formula is C11H14ClN3O. The summed E-state index contributed by atoms with van der Waals surface area (Å²) in [4.78, 5) is 13.8. The van der Waals surface area contributed by atoms with Crippen LogP contribution < -0.4 is 11.1 Å². The highest BCUT2D eigenvalue weighted by molar-refractivity contribution is 6.34. The van der Waals surface area contributed by atoms with Crippen molar-refractivity contribution in [2.75, 3.05) is 25.5 Å². The Morgan fingerprint density at radius 1 is 1.56 bits per heavy atom. The molecule has 1 heterocycles. The Bertz CT molecular complexity index is 422. The van der Waals surface area contributed by atoms with Gasteiger partial charge in [-0.3, -0.25) is 9.69 Å². The minimum atomic E-state index is -0.280. The van der Waals surface area contributed by atoms with E-state index in [9.17, 15) is 4.79 Å². The third kappa shape index (κ3) is 1.80. The van der Waals surface area contributed by atoms with Gasteiger partial charge in [-0.1, -0.05) is 23.7 Å². The fourth-order valence-electron chi connectivity index (χ4n) is 2.00. The van der Waals surface area contributed by atoms with Gasteiger partial charge >= 0.3 is 0 Å². The number of fused-ring (bicyclic) bond motifs is 1. The molecule has 0 radical (unpaired) electrons. The van der Waals surface area contributed by atoms with E-state index in [1.54, 1.807) is 6.07 Å². The van der Waals surface area contributed by atoms with E-state index in [0.29, 0.717) is 18.1 Å². The maximum Gasteiger partial charge on any atom is 0.246 e. The predicted octanol–water partition coefficient (Wildman–Crippen LogP) is 1.22. The van der Waals surface area contributed by atoms with Crippen molar-refractivity contribution in [2.45, 2.75) is 6.04 Å². The average Bonchev–Trinajstić information content (AvgIpc) is 2.56. The number of carbonyl (C=O) groups excluding carboxylic acids is 1. The number of hydrogen-bond donors (Lipinski definition) is 2. The summed E-state index contributed by atoms with van der Waals surface area (Å²) in [5, 5.41) is 3.38. The predicted molar refractivity (Wildman–Crippen MR) is 64.5 cm³/mol. The first-order valence-corrected chi connectivity index (χ1v) is 5.52. The molecule has 4 nitrogen and oxygen atoms in total. The van der Waals surface area contributed by atoms with E-state index >= 15 is 0 Å². The van der Waals surface area contributed by atoms with Gasteiger partial charge in [0.1, 0.15) is 6.04 Å². The lowest BCUT2D eigenvalue weighted by molar-refractivity contribution is -0.120. The minimum absolute atomic E-state index is 0.0425. The van der Waals surface area contributed by atoms with Crippen LogP contribution in [0, 0.1) is 0 Å². The Morgan fingerprint density at radius 2 is 2.31 bits per heavy atom. The molecule has 1 aliphatic rings. The summed E-state index contributed by atoms with van der Waals surface area (Å²) in [7, 11) is 1.88. The second kappa shape index (κ2) is 4.41. The number of para-hydroxylation sites is 1. The highest BCUT2D eigenvalue weighted by atomic mass is 35.5. The van der Waals surface area contributed by atoms with Crippen molar-refractivity contribution in [3.05, 3.63) is 28.8 Å². The molecule has 0 fully saturated rings. The SMILES string of the molecule is CN(CCN)C1C(=O)Nc2c(Cl)cccc21. The van der Waals surface area contributed by atoms with E-state index < -0.39 is 0 Å². The highest BCUT2D eigenvalue weighted by Crippen LogP contribution is 2.38. The van der Waals surface area contributed by atoms with Gasteiger partial charge in [-0.05, 0) is 13.1 Å². The monoisotopic (exact) mass is 239 g/mol. The molecule has 1 aromatic rings. The van der Waals surface area contributed by atoms with Crippen LogP contribution in [0.2, 0.25) is 5.02 Å². The lowest BCUT2D eigenvalue weighted by Gasteiger charge is -2.21. The van der Waals surface area contributed by atoms with Crippen LogP contribution in [0.15, 0.2) is 18.2 Å². The molecule has 0 spiro atoms. The number of rotatable bonds is 3. The van der Waals surface area contributed by atoms with E-state index in [1.165, 1.54) is 0 Å². The van der Waals surface area contributed by atoms with Gasteiger partial charge in [-0.15, -0.1) is 0 Å². The summed E-state index contributed by atoms with van der Waals surface area (Å²) in [5.74, 6) is -0.0425. The number of halogens is 1. The van der Waals surface area contributed by atoms with Gasteiger partial charge in [-0.2, -0.15) is 0 Å². The van der Waals surface area contributed by atoms with Crippen molar-refractivity contribution < 1.29 is 4.79 Å². The fourth-order valence-corrected chi connectivity index (χ4v) is 2.23. The van der Waals surface area contributed by atoms with Gasteiger partial charge in [0.25, 0.3) is 0 Å². The van der Waals surface area contributed by atoms with E-state index in [2.05, 4.69) is 5.32 Å². The molecule has 1 amide bonds. The first kappa shape index (κ1) is 11.4. The third-order valence-electron chi connectivity index (χ3n) is 2.76. The number of carbonyl (C=O) groups is 1. The fraction of sp³-hybridized carbons (Fsp3) is 0.364. The number of nitrogens with zero attached hydrogens (tertiary/aromatic N) is 1. The van der Waals surface area contributed by atoms with E-state index in [-0.39, 0.29) is 11.9 Å². The summed E-state index contributed by atoms with van der Waals surface area (Å²) in [5.41, 5.74) is 7.14. The molecule has 2 rings (SSSR count). The lowest BCUT2D eigenvalue weighted by atomic mass is 10.1. The van der Waals surface area contributed by atoms with E-state index in [1.807, 2.05) is 24.1 Å². The second-order valence-electron chi connectivity index (χ2n) is 3.87. The molecule has 16 heavy (non-hydrogen) atoms. The molecule has 1 aromatic carbocycles. The van der Waals surface area contributed by atoms with Crippen LogP contribution in [0.25, 0.3) is 0 Å². The number of anilines is 1. The van der Waals surface area contributed by atoms with E-state index in [4.69, 9.17) is 17.3 Å². The summed E-state index contributed by atoms with van der Waals surface area (Å²) in [6.07, 6.45) is 0. The number of hydrogen-bond acceptors (Lipinski definition) is 3. The number of benzene rings is 1. The maximum absolute atomic E-state index is 11.8. The van der Waals surface area contributed by atoms with Crippen LogP contribution in [0.5, 0.6) is 0 Å². The zero-order valence-electron chi connectivity index (χ0n) is 9.03. The molecule has 0 saturated carbocycles. The minimum Gasteiger partial charge on any atom is -0.329 e. The first-order chi connectivity index (χ1) is 7.65. The molecule has 1 atom stereocenters. The van der Waals surface area contributed by atoms with Gasteiger partial charge in [-0.25, -0.2) is 0 Å². The molecule has 0 saturated heterocycles. The third-order valence-corrected chi connectivity index (χ3v) is 3.07. The zero-order valence-corrected chi connectivity index (χ0v) is 9.79. The Labute approximate surface area is 99.4 Å². The van der Waals surface area contributed by atoms with Crippen molar-refractivity contribution in [1.29, 1.82) is 0 Å². The van der Waals surface area contributed by atoms with Crippen LogP contribution >= 0.6 is 11.6 Å². The highest BCUT2D eigenvalue weighted by Gasteiger charge is 2.34. The topological polar surface area (TPSA) is 58.4 Å². The lowest BCUT2D eigenvalue weighted by Crippen LogP contribution is -2.33. The molecule has 3 N–H and O–H groups in total. The number of nitrogens with one attached hydrogen (secondary N) is 1. The molecular weight excluding hydrogens is 226 g/mol. The van der Waals surface area contributed by atoms with Crippen molar-refractivity contribution in [1.82, 2.24) is 4.90 Å². The van der Waals surface area contributed by atoms with Gasteiger partial charge in [0.05, 0.1) is 10.7 Å². The van der Waals surface area contributed by atoms with Crippen LogP contribution in [0.3, 0.4) is 0 Å². The molecule has 5 heteroatoms. The average molecular weight is 240 g/mol. The summed E-state index contributed by atoms with van der Waals surface area (Å²) in [6.45, 7) is 1.19. The van der Waals surface area contributed by atoms with Crippen LogP contribution in [-0.4, -0.2) is 30.9 Å². The Balaban J connectivity index is 2.36. The van der Waals surface area contributed by atoms with Gasteiger partial charge in [0.15, 0.2) is 0 Å². The van der Waals surface area contributed by atoms with Gasteiger partial charge < -0.3 is 11.1 Å². The van der Waals surface area contributed by atoms with Crippen molar-refractivity contribution in [3.8, 4) is 0 Å². The first-order valence-electron chi connectivity index (χ1n) is 5.14. The summed E-state index contributed by atoms with van der Waals surface area (Å²) >= 11 is 6.02. The molecule has 0 aromatic heterocycles. The van der Waals surface area contributed by atoms with E-state index in [0.717, 1.165) is 11.3 Å². The van der Waals surface area contributed by atoms with Crippen LogP contribution in [0.4, 0.5) is 5.69 Å². The molecule has 0 bridgehead atoms. The van der Waals surface area contributed by atoms with Crippen molar-refractivity contribution in [2.24, 2.45) is 5.73 Å². The molecule has 0 aliphatic carbocycles. The van der Waals surface area contributed by atoms with Gasteiger partial charge in [0.2, 0.25) is 5.91 Å². The van der Waals surface area contributed by atoms with Gasteiger partial charge in [0, 0.05) is 18.7 Å². The summed E-state index contributed by atoms with van der Waals surface area (Å²) < 4.78 is 0. The van der Waals surface area contributed by atoms with Crippen molar-refractivity contribution in [3.63, 3.8) is 0 Å². The normalized spacial score (nSPS) is 18.8.